The van der Waals surface area contributed by atoms with Gasteiger partial charge < -0.3 is 5.32 Å². The summed E-state index contributed by atoms with van der Waals surface area (Å²) >= 11 is 0. The molecule has 2 aromatic heterocycles. The number of aromatic nitrogens is 4. The lowest BCUT2D eigenvalue weighted by Crippen LogP contribution is -2.14. The molecule has 3 aromatic rings. The second kappa shape index (κ2) is 5.22. The molecule has 0 bridgehead atoms. The first-order chi connectivity index (χ1) is 11.2. The zero-order chi connectivity index (χ0) is 16.0. The molecule has 0 saturated heterocycles. The number of aryl methyl sites for hydroxylation is 2. The lowest BCUT2D eigenvalue weighted by atomic mass is 10.2. The molecule has 0 spiro atoms. The van der Waals surface area contributed by atoms with Crippen LogP contribution < -0.4 is 5.32 Å². The van der Waals surface area contributed by atoms with Gasteiger partial charge in [-0.25, -0.2) is 0 Å². The molecule has 1 saturated carbocycles. The minimum atomic E-state index is -0.214. The molecule has 1 aliphatic rings. The maximum Gasteiger partial charge on any atom is 0.278 e. The van der Waals surface area contributed by atoms with Crippen LogP contribution in [0, 0.1) is 0 Å². The Bertz CT molecular complexity index is 888. The summed E-state index contributed by atoms with van der Waals surface area (Å²) in [6, 6.07) is 9.76. The number of hydrogen-bond acceptors (Lipinski definition) is 3. The van der Waals surface area contributed by atoms with Crippen LogP contribution in [0.5, 0.6) is 0 Å². The highest BCUT2D eigenvalue weighted by Crippen LogP contribution is 2.40. The van der Waals surface area contributed by atoms with Crippen LogP contribution in [-0.4, -0.2) is 25.5 Å². The van der Waals surface area contributed by atoms with Crippen molar-refractivity contribution in [3.8, 4) is 0 Å². The summed E-state index contributed by atoms with van der Waals surface area (Å²) in [5.41, 5.74) is 2.60. The third-order valence-electron chi connectivity index (χ3n) is 4.33. The number of benzene rings is 1. The minimum Gasteiger partial charge on any atom is -0.304 e. The second-order valence-corrected chi connectivity index (χ2v) is 5.99. The first kappa shape index (κ1) is 14.0. The number of fused-ring (bicyclic) bond motifs is 1. The molecule has 6 nitrogen and oxygen atoms in total. The molecule has 0 radical (unpaired) electrons. The van der Waals surface area contributed by atoms with Gasteiger partial charge in [-0.05, 0) is 25.8 Å². The van der Waals surface area contributed by atoms with E-state index in [1.54, 1.807) is 0 Å². The van der Waals surface area contributed by atoms with E-state index in [4.69, 9.17) is 0 Å². The molecule has 2 heterocycles. The molecular weight excluding hydrogens is 290 g/mol. The molecule has 118 valence electrons. The number of amides is 1. The zero-order valence-electron chi connectivity index (χ0n) is 13.3. The third kappa shape index (κ3) is 2.40. The average molecular weight is 309 g/mol. The van der Waals surface area contributed by atoms with Gasteiger partial charge in [0.05, 0.1) is 5.52 Å². The number of hydrogen-bond donors (Lipinski definition) is 1. The Morgan fingerprint density at radius 3 is 2.83 bits per heavy atom. The van der Waals surface area contributed by atoms with Gasteiger partial charge in [-0.15, -0.1) is 0 Å². The highest BCUT2D eigenvalue weighted by atomic mass is 16.2. The van der Waals surface area contributed by atoms with E-state index in [0.29, 0.717) is 17.4 Å². The van der Waals surface area contributed by atoms with Crippen LogP contribution >= 0.6 is 0 Å². The van der Waals surface area contributed by atoms with Gasteiger partial charge in [0.2, 0.25) is 0 Å². The summed E-state index contributed by atoms with van der Waals surface area (Å²) in [5.74, 6) is 0.974. The zero-order valence-corrected chi connectivity index (χ0v) is 13.3. The first-order valence-electron chi connectivity index (χ1n) is 7.98. The summed E-state index contributed by atoms with van der Waals surface area (Å²) in [6.07, 6.45) is 2.41. The SMILES string of the molecule is CCn1nc(C(=O)Nc2cc(C3CC3)n(C)n2)c2ccccc21. The Hall–Kier alpha value is -2.63. The van der Waals surface area contributed by atoms with E-state index in [1.807, 2.05) is 53.7 Å². The van der Waals surface area contributed by atoms with Crippen LogP contribution in [0.4, 0.5) is 5.82 Å². The van der Waals surface area contributed by atoms with Gasteiger partial charge in [-0.1, -0.05) is 18.2 Å². The molecule has 1 amide bonds. The smallest absolute Gasteiger partial charge is 0.278 e. The van der Waals surface area contributed by atoms with Gasteiger partial charge in [0.1, 0.15) is 0 Å². The fourth-order valence-electron chi connectivity index (χ4n) is 3.02. The van der Waals surface area contributed by atoms with Gasteiger partial charge in [0, 0.05) is 36.7 Å². The molecular formula is C17H19N5O. The van der Waals surface area contributed by atoms with Gasteiger partial charge in [0.25, 0.3) is 5.91 Å². The molecule has 4 rings (SSSR count). The molecule has 1 aromatic carbocycles. The Labute approximate surface area is 134 Å². The standard InChI is InChI=1S/C17H19N5O/c1-3-22-13-7-5-4-6-12(13)16(20-22)17(23)18-15-10-14(11-8-9-11)21(2)19-15/h4-7,10-11H,3,8-9H2,1-2H3,(H,18,19,23). The van der Waals surface area contributed by atoms with E-state index < -0.39 is 0 Å². The van der Waals surface area contributed by atoms with Gasteiger partial charge >= 0.3 is 0 Å². The molecule has 1 N–H and O–H groups in total. The number of carbonyl (C=O) groups is 1. The average Bonchev–Trinajstić information content (AvgIpc) is 3.23. The van der Waals surface area contributed by atoms with Crippen molar-refractivity contribution in [2.24, 2.45) is 7.05 Å². The van der Waals surface area contributed by atoms with Crippen molar-refractivity contribution in [3.05, 3.63) is 41.7 Å². The predicted molar refractivity (Wildman–Crippen MR) is 88.5 cm³/mol. The number of nitrogens with one attached hydrogen (secondary N) is 1. The van der Waals surface area contributed by atoms with Gasteiger partial charge in [-0.2, -0.15) is 10.2 Å². The fraction of sp³-hybridized carbons (Fsp3) is 0.353. The molecule has 1 fully saturated rings. The van der Waals surface area contributed by atoms with E-state index in [-0.39, 0.29) is 5.91 Å². The monoisotopic (exact) mass is 309 g/mol. The summed E-state index contributed by atoms with van der Waals surface area (Å²) < 4.78 is 3.70. The van der Waals surface area contributed by atoms with E-state index in [2.05, 4.69) is 15.5 Å². The molecule has 1 aliphatic carbocycles. The van der Waals surface area contributed by atoms with E-state index >= 15 is 0 Å². The topological polar surface area (TPSA) is 64.7 Å². The van der Waals surface area contributed by atoms with Crippen LogP contribution in [0.15, 0.2) is 30.3 Å². The molecule has 0 aliphatic heterocycles. The highest BCUT2D eigenvalue weighted by Gasteiger charge is 2.27. The Balaban J connectivity index is 1.65. The summed E-state index contributed by atoms with van der Waals surface area (Å²) in [6.45, 7) is 2.74. The van der Waals surface area contributed by atoms with Crippen molar-refractivity contribution in [1.29, 1.82) is 0 Å². The van der Waals surface area contributed by atoms with Crippen molar-refractivity contribution < 1.29 is 4.79 Å². The normalized spacial score (nSPS) is 14.3. The van der Waals surface area contributed by atoms with Crippen LogP contribution in [0.1, 0.15) is 41.9 Å². The summed E-state index contributed by atoms with van der Waals surface area (Å²) in [5, 5.41) is 12.6. The molecule has 0 atom stereocenters. The Kier molecular flexibility index (Phi) is 3.18. The second-order valence-electron chi connectivity index (χ2n) is 5.99. The maximum absolute atomic E-state index is 12.6. The Morgan fingerprint density at radius 2 is 2.09 bits per heavy atom. The van der Waals surface area contributed by atoms with Crippen LogP contribution in [0.2, 0.25) is 0 Å². The van der Waals surface area contributed by atoms with Crippen LogP contribution in [0.3, 0.4) is 0 Å². The van der Waals surface area contributed by atoms with E-state index in [9.17, 15) is 4.79 Å². The summed E-state index contributed by atoms with van der Waals surface area (Å²) in [4.78, 5) is 12.6. The number of para-hydroxylation sites is 1. The van der Waals surface area contributed by atoms with Crippen LogP contribution in [0.25, 0.3) is 10.9 Å². The first-order valence-corrected chi connectivity index (χ1v) is 7.98. The number of rotatable bonds is 4. The van der Waals surface area contributed by atoms with E-state index in [0.717, 1.165) is 17.4 Å². The van der Waals surface area contributed by atoms with Crippen molar-refractivity contribution in [2.75, 3.05) is 5.32 Å². The van der Waals surface area contributed by atoms with Gasteiger partial charge in [-0.3, -0.25) is 14.2 Å². The number of carbonyl (C=O) groups excluding carboxylic acids is 1. The molecule has 23 heavy (non-hydrogen) atoms. The number of nitrogens with zero attached hydrogens (tertiary/aromatic N) is 4. The molecule has 6 heteroatoms. The van der Waals surface area contributed by atoms with Gasteiger partial charge in [0.15, 0.2) is 11.5 Å². The lowest BCUT2D eigenvalue weighted by Gasteiger charge is -1.98. The maximum atomic E-state index is 12.6. The molecule has 0 unspecified atom stereocenters. The highest BCUT2D eigenvalue weighted by molar-refractivity contribution is 6.10. The fourth-order valence-corrected chi connectivity index (χ4v) is 3.02. The quantitative estimate of drug-likeness (QED) is 0.806. The van der Waals surface area contributed by atoms with Crippen molar-refractivity contribution in [2.45, 2.75) is 32.2 Å². The largest absolute Gasteiger partial charge is 0.304 e. The van der Waals surface area contributed by atoms with Crippen molar-refractivity contribution in [1.82, 2.24) is 19.6 Å². The van der Waals surface area contributed by atoms with Crippen molar-refractivity contribution in [3.63, 3.8) is 0 Å². The Morgan fingerprint density at radius 1 is 1.30 bits per heavy atom. The van der Waals surface area contributed by atoms with Crippen molar-refractivity contribution >= 4 is 22.6 Å². The van der Waals surface area contributed by atoms with Crippen LogP contribution in [-0.2, 0) is 13.6 Å². The van der Waals surface area contributed by atoms with E-state index in [1.165, 1.54) is 18.5 Å². The summed E-state index contributed by atoms with van der Waals surface area (Å²) in [7, 11) is 1.92. The third-order valence-corrected chi connectivity index (χ3v) is 4.33. The predicted octanol–water partition coefficient (Wildman–Crippen LogP) is 2.92. The lowest BCUT2D eigenvalue weighted by molar-refractivity contribution is 0.102. The number of anilines is 1. The minimum absolute atomic E-state index is 0.214.